The molecule has 160 valence electrons. The standard InChI is InChI=1S/C25H21F2N5/c1-3-15(13-19(28)4-2)23-22(27)17(9-11-29-23)14-21-31-24-20(10-12-30-25(24)32-21)16-5-7-18(26)8-6-16/h3-13H,2,14,28H2,1H3,(H,30,31,32)/b15-3+,19-13+. The number of halogens is 2. The maximum absolute atomic E-state index is 15.3. The lowest BCUT2D eigenvalue weighted by Gasteiger charge is -2.08. The summed E-state index contributed by atoms with van der Waals surface area (Å²) in [7, 11) is 0. The first-order valence-corrected chi connectivity index (χ1v) is 9.99. The maximum atomic E-state index is 15.3. The number of nitrogens with two attached hydrogens (primary N) is 1. The summed E-state index contributed by atoms with van der Waals surface area (Å²) < 4.78 is 28.6. The molecule has 0 amide bonds. The van der Waals surface area contributed by atoms with Crippen LogP contribution in [0.5, 0.6) is 0 Å². The highest BCUT2D eigenvalue weighted by molar-refractivity contribution is 5.89. The minimum atomic E-state index is -0.444. The van der Waals surface area contributed by atoms with E-state index in [2.05, 4.69) is 26.5 Å². The van der Waals surface area contributed by atoms with E-state index in [-0.39, 0.29) is 17.9 Å². The Bertz CT molecular complexity index is 1350. The van der Waals surface area contributed by atoms with Crippen molar-refractivity contribution in [2.24, 2.45) is 5.73 Å². The van der Waals surface area contributed by atoms with Gasteiger partial charge < -0.3 is 10.7 Å². The lowest BCUT2D eigenvalue weighted by atomic mass is 10.0. The third kappa shape index (κ3) is 4.18. The molecule has 0 radical (unpaired) electrons. The van der Waals surface area contributed by atoms with Crippen molar-refractivity contribution >= 4 is 16.7 Å². The van der Waals surface area contributed by atoms with Gasteiger partial charge in [0.2, 0.25) is 0 Å². The normalized spacial score (nSPS) is 12.3. The number of imidazole rings is 1. The van der Waals surface area contributed by atoms with Crippen molar-refractivity contribution in [3.05, 3.63) is 108 Å². The lowest BCUT2D eigenvalue weighted by Crippen LogP contribution is -2.02. The van der Waals surface area contributed by atoms with E-state index in [9.17, 15) is 4.39 Å². The molecule has 3 heterocycles. The van der Waals surface area contributed by atoms with Crippen LogP contribution in [-0.2, 0) is 6.42 Å². The summed E-state index contributed by atoms with van der Waals surface area (Å²) in [6.45, 7) is 5.41. The Morgan fingerprint density at radius 2 is 1.84 bits per heavy atom. The summed E-state index contributed by atoms with van der Waals surface area (Å²) >= 11 is 0. The predicted octanol–water partition coefficient (Wildman–Crippen LogP) is 5.32. The van der Waals surface area contributed by atoms with E-state index < -0.39 is 5.82 Å². The first-order valence-electron chi connectivity index (χ1n) is 9.99. The molecule has 0 bridgehead atoms. The number of hydrogen-bond acceptors (Lipinski definition) is 4. The van der Waals surface area contributed by atoms with Gasteiger partial charge in [-0.25, -0.2) is 18.7 Å². The second-order valence-corrected chi connectivity index (χ2v) is 7.15. The molecule has 0 atom stereocenters. The number of benzene rings is 1. The second kappa shape index (κ2) is 8.93. The molecule has 0 saturated heterocycles. The van der Waals surface area contributed by atoms with Gasteiger partial charge in [0.15, 0.2) is 11.5 Å². The highest BCUT2D eigenvalue weighted by Gasteiger charge is 2.16. The summed E-state index contributed by atoms with van der Waals surface area (Å²) in [4.78, 5) is 16.3. The van der Waals surface area contributed by atoms with Gasteiger partial charge in [-0.2, -0.15) is 0 Å². The SMILES string of the molecule is C=C/C(N)=C\C(=C/C)c1nccc(Cc2nc3nccc(-c4ccc(F)cc4)c3[nH]2)c1F. The van der Waals surface area contributed by atoms with Gasteiger partial charge >= 0.3 is 0 Å². The Morgan fingerprint density at radius 3 is 2.56 bits per heavy atom. The molecule has 0 spiro atoms. The van der Waals surface area contributed by atoms with Gasteiger partial charge in [-0.15, -0.1) is 0 Å². The molecule has 7 heteroatoms. The summed E-state index contributed by atoms with van der Waals surface area (Å²) in [6, 6.07) is 9.64. The third-order valence-electron chi connectivity index (χ3n) is 5.07. The number of hydrogen-bond donors (Lipinski definition) is 2. The van der Waals surface area contributed by atoms with Gasteiger partial charge in [0.1, 0.15) is 17.3 Å². The van der Waals surface area contributed by atoms with E-state index in [1.165, 1.54) is 18.2 Å². The van der Waals surface area contributed by atoms with Crippen LogP contribution in [0.1, 0.15) is 24.0 Å². The van der Waals surface area contributed by atoms with Crippen LogP contribution in [0.4, 0.5) is 8.78 Å². The maximum Gasteiger partial charge on any atom is 0.178 e. The zero-order chi connectivity index (χ0) is 22.7. The van der Waals surface area contributed by atoms with Crippen molar-refractivity contribution in [2.45, 2.75) is 13.3 Å². The van der Waals surface area contributed by atoms with Gasteiger partial charge in [-0.1, -0.05) is 24.8 Å². The molecule has 4 aromatic rings. The summed E-state index contributed by atoms with van der Waals surface area (Å²) in [5, 5.41) is 0. The van der Waals surface area contributed by atoms with Gasteiger partial charge in [-0.3, -0.25) is 4.98 Å². The van der Waals surface area contributed by atoms with Crippen LogP contribution < -0.4 is 5.73 Å². The average Bonchev–Trinajstić information content (AvgIpc) is 3.22. The largest absolute Gasteiger partial charge is 0.399 e. The third-order valence-corrected chi connectivity index (χ3v) is 5.07. The van der Waals surface area contributed by atoms with Gasteiger partial charge in [0, 0.05) is 35.6 Å². The number of nitrogens with one attached hydrogen (secondary N) is 1. The molecule has 32 heavy (non-hydrogen) atoms. The van der Waals surface area contributed by atoms with Crippen molar-refractivity contribution in [1.29, 1.82) is 0 Å². The van der Waals surface area contributed by atoms with Crippen LogP contribution in [0.3, 0.4) is 0 Å². The molecule has 3 aromatic heterocycles. The molecule has 1 aromatic carbocycles. The minimum absolute atomic E-state index is 0.205. The van der Waals surface area contributed by atoms with Crippen molar-refractivity contribution in [2.75, 3.05) is 0 Å². The quantitative estimate of drug-likeness (QED) is 0.407. The Morgan fingerprint density at radius 1 is 1.09 bits per heavy atom. The number of pyridine rings is 2. The number of nitrogens with zero attached hydrogens (tertiary/aromatic N) is 3. The predicted molar refractivity (Wildman–Crippen MR) is 122 cm³/mol. The smallest absolute Gasteiger partial charge is 0.178 e. The van der Waals surface area contributed by atoms with Gasteiger partial charge in [0.25, 0.3) is 0 Å². The molecule has 0 aliphatic carbocycles. The van der Waals surface area contributed by atoms with Crippen LogP contribution in [0.25, 0.3) is 27.9 Å². The van der Waals surface area contributed by atoms with E-state index in [1.54, 1.807) is 49.7 Å². The van der Waals surface area contributed by atoms with Crippen LogP contribution in [-0.4, -0.2) is 19.9 Å². The van der Waals surface area contributed by atoms with E-state index in [0.717, 1.165) is 11.1 Å². The molecule has 3 N–H and O–H groups in total. The number of fused-ring (bicyclic) bond motifs is 1. The Hall–Kier alpha value is -4.13. The van der Waals surface area contributed by atoms with Gasteiger partial charge in [0.05, 0.1) is 5.52 Å². The van der Waals surface area contributed by atoms with E-state index in [0.29, 0.717) is 33.8 Å². The number of H-pyrrole nitrogens is 1. The van der Waals surface area contributed by atoms with Crippen LogP contribution >= 0.6 is 0 Å². The Labute approximate surface area is 184 Å². The molecule has 0 unspecified atom stereocenters. The van der Waals surface area contributed by atoms with E-state index in [4.69, 9.17) is 5.73 Å². The minimum Gasteiger partial charge on any atom is -0.399 e. The van der Waals surface area contributed by atoms with Crippen molar-refractivity contribution in [3.8, 4) is 11.1 Å². The van der Waals surface area contributed by atoms with Crippen LogP contribution in [0.2, 0.25) is 0 Å². The second-order valence-electron chi connectivity index (χ2n) is 7.15. The van der Waals surface area contributed by atoms with E-state index in [1.807, 2.05) is 6.07 Å². The zero-order valence-electron chi connectivity index (χ0n) is 17.4. The fourth-order valence-electron chi connectivity index (χ4n) is 3.44. The molecule has 0 aliphatic heterocycles. The fourth-order valence-corrected chi connectivity index (χ4v) is 3.44. The molecule has 0 fully saturated rings. The van der Waals surface area contributed by atoms with Crippen molar-refractivity contribution in [1.82, 2.24) is 19.9 Å². The van der Waals surface area contributed by atoms with Crippen molar-refractivity contribution < 1.29 is 8.78 Å². The summed E-state index contributed by atoms with van der Waals surface area (Å²) in [5.41, 5.74) is 10.3. The first-order chi connectivity index (χ1) is 15.5. The van der Waals surface area contributed by atoms with Crippen LogP contribution in [0.15, 0.2) is 79.3 Å². The molecular formula is C25H21F2N5. The van der Waals surface area contributed by atoms with Crippen LogP contribution in [0, 0.1) is 11.6 Å². The lowest BCUT2D eigenvalue weighted by molar-refractivity contribution is 0.601. The zero-order valence-corrected chi connectivity index (χ0v) is 17.4. The highest BCUT2D eigenvalue weighted by Crippen LogP contribution is 2.27. The Balaban J connectivity index is 1.71. The Kier molecular flexibility index (Phi) is 5.89. The average molecular weight is 429 g/mol. The number of allylic oxidation sites excluding steroid dienone is 4. The first kappa shape index (κ1) is 21.1. The monoisotopic (exact) mass is 429 g/mol. The highest BCUT2D eigenvalue weighted by atomic mass is 19.1. The number of rotatable bonds is 6. The molecule has 0 saturated carbocycles. The fraction of sp³-hybridized carbons (Fsp3) is 0.0800. The summed E-state index contributed by atoms with van der Waals surface area (Å²) in [5.74, 6) is -0.194. The molecule has 0 aliphatic rings. The van der Waals surface area contributed by atoms with Gasteiger partial charge in [-0.05, 0) is 54.5 Å². The molecule has 5 nitrogen and oxygen atoms in total. The van der Waals surface area contributed by atoms with Crippen molar-refractivity contribution in [3.63, 3.8) is 0 Å². The topological polar surface area (TPSA) is 80.5 Å². The van der Waals surface area contributed by atoms with E-state index >= 15 is 4.39 Å². The number of aromatic amines is 1. The number of aromatic nitrogens is 4. The summed E-state index contributed by atoms with van der Waals surface area (Å²) in [6.07, 6.45) is 8.28. The molecular weight excluding hydrogens is 408 g/mol. The molecule has 4 rings (SSSR count).